The summed E-state index contributed by atoms with van der Waals surface area (Å²) >= 11 is 12.0. The van der Waals surface area contributed by atoms with E-state index in [0.29, 0.717) is 17.4 Å². The molecule has 0 heterocycles. The molecule has 0 fully saturated rings. The van der Waals surface area contributed by atoms with Crippen molar-refractivity contribution in [2.24, 2.45) is 0 Å². The molecule has 128 valence electrons. The number of benzene rings is 2. The van der Waals surface area contributed by atoms with Crippen molar-refractivity contribution < 1.29 is 9.53 Å². The molecule has 0 radical (unpaired) electrons. The third kappa shape index (κ3) is 5.43. The Bertz CT molecular complexity index is 706. The van der Waals surface area contributed by atoms with Gasteiger partial charge >= 0.3 is 6.09 Å². The maximum absolute atomic E-state index is 11.7. The zero-order valence-electron chi connectivity index (χ0n) is 14.0. The largest absolute Gasteiger partial charge is 0.444 e. The average molecular weight is 366 g/mol. The molecule has 0 saturated heterocycles. The fourth-order valence-corrected chi connectivity index (χ4v) is 2.61. The van der Waals surface area contributed by atoms with Crippen LogP contribution in [-0.4, -0.2) is 11.7 Å². The number of halogens is 2. The average Bonchev–Trinajstić information content (AvgIpc) is 2.52. The van der Waals surface area contributed by atoms with Gasteiger partial charge in [0, 0.05) is 17.4 Å². The molecule has 0 bridgehead atoms. The van der Waals surface area contributed by atoms with Crippen molar-refractivity contribution in [1.29, 1.82) is 0 Å². The van der Waals surface area contributed by atoms with Crippen molar-refractivity contribution in [3.63, 3.8) is 0 Å². The van der Waals surface area contributed by atoms with Gasteiger partial charge in [0.1, 0.15) is 5.60 Å². The molecule has 2 rings (SSSR count). The minimum Gasteiger partial charge on any atom is -0.444 e. The van der Waals surface area contributed by atoms with Gasteiger partial charge < -0.3 is 10.1 Å². The zero-order chi connectivity index (χ0) is 17.7. The summed E-state index contributed by atoms with van der Waals surface area (Å²) < 4.78 is 5.23. The number of carbonyl (C=O) groups is 1. The van der Waals surface area contributed by atoms with Crippen LogP contribution in [0.1, 0.15) is 31.9 Å². The summed E-state index contributed by atoms with van der Waals surface area (Å²) in [7, 11) is 0. The summed E-state index contributed by atoms with van der Waals surface area (Å²) in [4.78, 5) is 11.7. The number of amides is 1. The summed E-state index contributed by atoms with van der Waals surface area (Å²) in [5.74, 6) is 0.387. The number of hydrogen-bond donors (Lipinski definition) is 1. The fourth-order valence-electron chi connectivity index (χ4n) is 2.27. The van der Waals surface area contributed by atoms with E-state index in [-0.39, 0.29) is 0 Å². The summed E-state index contributed by atoms with van der Waals surface area (Å²) in [6.45, 7) is 5.89. The van der Waals surface area contributed by atoms with Gasteiger partial charge in [-0.15, -0.1) is 11.6 Å². The maximum atomic E-state index is 11.7. The van der Waals surface area contributed by atoms with Gasteiger partial charge in [-0.05, 0) is 55.2 Å². The van der Waals surface area contributed by atoms with Crippen molar-refractivity contribution in [1.82, 2.24) is 5.32 Å². The van der Waals surface area contributed by atoms with Gasteiger partial charge in [-0.2, -0.15) is 0 Å². The molecular weight excluding hydrogens is 345 g/mol. The molecule has 0 aliphatic carbocycles. The predicted molar refractivity (Wildman–Crippen MR) is 99.5 cm³/mol. The van der Waals surface area contributed by atoms with E-state index in [0.717, 1.165) is 22.3 Å². The first-order valence-corrected chi connectivity index (χ1v) is 8.60. The minimum atomic E-state index is -0.510. The summed E-state index contributed by atoms with van der Waals surface area (Å²) in [5.41, 5.74) is 3.57. The number of nitrogens with one attached hydrogen (secondary N) is 1. The van der Waals surface area contributed by atoms with Crippen LogP contribution in [0, 0.1) is 0 Å². The predicted octanol–water partition coefficient (Wildman–Crippen LogP) is 5.77. The molecule has 0 unspecified atom stereocenters. The van der Waals surface area contributed by atoms with E-state index in [4.69, 9.17) is 27.9 Å². The number of rotatable bonds is 4. The third-order valence-corrected chi connectivity index (χ3v) is 3.84. The Labute approximate surface area is 152 Å². The lowest BCUT2D eigenvalue weighted by atomic mass is 9.98. The molecule has 0 aliphatic rings. The Hall–Kier alpha value is -1.71. The van der Waals surface area contributed by atoms with E-state index in [1.807, 2.05) is 63.2 Å². The quantitative estimate of drug-likeness (QED) is 0.698. The van der Waals surface area contributed by atoms with Crippen LogP contribution in [0.5, 0.6) is 0 Å². The second-order valence-corrected chi connectivity index (χ2v) is 7.19. The topological polar surface area (TPSA) is 38.3 Å². The molecule has 2 aromatic rings. The van der Waals surface area contributed by atoms with Gasteiger partial charge in [0.2, 0.25) is 0 Å². The minimum absolute atomic E-state index is 0.387. The van der Waals surface area contributed by atoms with Crippen LogP contribution >= 0.6 is 23.2 Å². The zero-order valence-corrected chi connectivity index (χ0v) is 15.5. The van der Waals surface area contributed by atoms with Gasteiger partial charge in [-0.3, -0.25) is 0 Å². The highest BCUT2D eigenvalue weighted by Crippen LogP contribution is 2.27. The highest BCUT2D eigenvalue weighted by atomic mass is 35.5. The Morgan fingerprint density at radius 1 is 1.12 bits per heavy atom. The molecule has 0 aliphatic heterocycles. The first kappa shape index (κ1) is 18.6. The highest BCUT2D eigenvalue weighted by Gasteiger charge is 2.15. The molecule has 24 heavy (non-hydrogen) atoms. The van der Waals surface area contributed by atoms with Gasteiger partial charge in [0.05, 0.1) is 0 Å². The number of carbonyl (C=O) groups excluding carboxylic acids is 1. The monoisotopic (exact) mass is 365 g/mol. The maximum Gasteiger partial charge on any atom is 0.407 e. The lowest BCUT2D eigenvalue weighted by Gasteiger charge is -2.19. The Morgan fingerprint density at radius 3 is 2.38 bits per heavy atom. The Morgan fingerprint density at radius 2 is 1.79 bits per heavy atom. The van der Waals surface area contributed by atoms with Crippen LogP contribution < -0.4 is 5.32 Å². The molecule has 2 aromatic carbocycles. The van der Waals surface area contributed by atoms with E-state index in [9.17, 15) is 4.79 Å². The van der Waals surface area contributed by atoms with Gasteiger partial charge in [0.25, 0.3) is 0 Å². The number of ether oxygens (including phenoxy) is 1. The first-order valence-electron chi connectivity index (χ1n) is 7.69. The van der Waals surface area contributed by atoms with Crippen LogP contribution in [0.2, 0.25) is 5.02 Å². The number of alkyl carbamates (subject to hydrolysis) is 1. The molecule has 0 saturated carbocycles. The second kappa shape index (κ2) is 7.91. The molecular formula is C19H21Cl2NO2. The van der Waals surface area contributed by atoms with Gasteiger partial charge in [0.15, 0.2) is 0 Å². The van der Waals surface area contributed by atoms with E-state index < -0.39 is 11.7 Å². The summed E-state index contributed by atoms with van der Waals surface area (Å²) in [5, 5.41) is 3.45. The van der Waals surface area contributed by atoms with E-state index in [2.05, 4.69) is 5.32 Å². The molecule has 0 spiro atoms. The summed E-state index contributed by atoms with van der Waals surface area (Å²) in [6, 6.07) is 13.6. The molecule has 1 amide bonds. The summed E-state index contributed by atoms with van der Waals surface area (Å²) in [6.07, 6.45) is -0.434. The Kier molecular flexibility index (Phi) is 6.14. The van der Waals surface area contributed by atoms with E-state index in [1.54, 1.807) is 0 Å². The fraction of sp³-hybridized carbons (Fsp3) is 0.316. The number of hydrogen-bond acceptors (Lipinski definition) is 2. The lowest BCUT2D eigenvalue weighted by Crippen LogP contribution is -2.32. The lowest BCUT2D eigenvalue weighted by molar-refractivity contribution is 0.0523. The van der Waals surface area contributed by atoms with Crippen molar-refractivity contribution >= 4 is 29.3 Å². The first-order chi connectivity index (χ1) is 11.3. The van der Waals surface area contributed by atoms with E-state index in [1.165, 1.54) is 0 Å². The van der Waals surface area contributed by atoms with Gasteiger partial charge in [-0.25, -0.2) is 4.79 Å². The van der Waals surface area contributed by atoms with Crippen LogP contribution in [0.25, 0.3) is 11.1 Å². The molecule has 5 heteroatoms. The normalized spacial score (nSPS) is 11.2. The SMILES string of the molecule is CC(C)(C)OC(=O)NCc1ccc(-c2ccc(Cl)cc2)c(CCl)c1. The number of alkyl halides is 1. The second-order valence-electron chi connectivity index (χ2n) is 6.49. The van der Waals surface area contributed by atoms with Crippen molar-refractivity contribution in [2.45, 2.75) is 38.8 Å². The van der Waals surface area contributed by atoms with Crippen LogP contribution in [0.15, 0.2) is 42.5 Å². The van der Waals surface area contributed by atoms with Crippen LogP contribution in [0.4, 0.5) is 4.79 Å². The molecule has 0 aromatic heterocycles. The van der Waals surface area contributed by atoms with Gasteiger partial charge in [-0.1, -0.05) is 41.9 Å². The highest BCUT2D eigenvalue weighted by molar-refractivity contribution is 6.30. The third-order valence-electron chi connectivity index (χ3n) is 3.30. The molecule has 1 N–H and O–H groups in total. The van der Waals surface area contributed by atoms with E-state index >= 15 is 0 Å². The standard InChI is InChI=1S/C19H21Cl2NO2/c1-19(2,3)24-18(23)22-12-13-4-9-17(15(10-13)11-20)14-5-7-16(21)8-6-14/h4-10H,11-12H2,1-3H3,(H,22,23). The molecule has 0 atom stereocenters. The van der Waals surface area contributed by atoms with Crippen molar-refractivity contribution in [3.8, 4) is 11.1 Å². The molecule has 3 nitrogen and oxygen atoms in total. The van der Waals surface area contributed by atoms with Crippen molar-refractivity contribution in [2.75, 3.05) is 0 Å². The van der Waals surface area contributed by atoms with Crippen molar-refractivity contribution in [3.05, 3.63) is 58.6 Å². The van der Waals surface area contributed by atoms with Crippen LogP contribution in [-0.2, 0) is 17.2 Å². The smallest absolute Gasteiger partial charge is 0.407 e. The van der Waals surface area contributed by atoms with Crippen LogP contribution in [0.3, 0.4) is 0 Å². The Balaban J connectivity index is 2.11.